The highest BCUT2D eigenvalue weighted by Gasteiger charge is 2.09. The van der Waals surface area contributed by atoms with E-state index < -0.39 is 6.10 Å². The first kappa shape index (κ1) is 17.2. The minimum atomic E-state index is -0.483. The van der Waals surface area contributed by atoms with Crippen molar-refractivity contribution in [3.05, 3.63) is 30.1 Å². The Hall–Kier alpha value is -0.810. The molecule has 0 unspecified atom stereocenters. The maximum absolute atomic E-state index is 9.97. The van der Waals surface area contributed by atoms with Gasteiger partial charge in [0.25, 0.3) is 0 Å². The van der Waals surface area contributed by atoms with Crippen molar-refractivity contribution in [1.29, 1.82) is 0 Å². The number of benzene rings is 1. The summed E-state index contributed by atoms with van der Waals surface area (Å²) in [6, 6.07) is 6.16. The first-order valence-electron chi connectivity index (χ1n) is 5.51. The van der Waals surface area contributed by atoms with Crippen molar-refractivity contribution in [3.63, 3.8) is 0 Å². The molecular weight excluding hydrogens is 273 g/mol. The third-order valence-corrected chi connectivity index (χ3v) is 2.55. The lowest BCUT2D eigenvalue weighted by molar-refractivity contribution is 0.172. The van der Waals surface area contributed by atoms with Crippen LogP contribution < -0.4 is 5.32 Å². The second-order valence-corrected chi connectivity index (χ2v) is 4.26. The molecule has 0 aliphatic heterocycles. The Labute approximate surface area is 119 Å². The van der Waals surface area contributed by atoms with Crippen LogP contribution in [0.1, 0.15) is 25.5 Å². The summed E-state index contributed by atoms with van der Waals surface area (Å²) in [5, 5.41) is 13.2. The van der Waals surface area contributed by atoms with Gasteiger partial charge in [0, 0.05) is 12.6 Å². The van der Waals surface area contributed by atoms with Crippen LogP contribution in [0.15, 0.2) is 24.5 Å². The molecule has 18 heavy (non-hydrogen) atoms. The zero-order valence-electron chi connectivity index (χ0n) is 10.4. The van der Waals surface area contributed by atoms with E-state index in [9.17, 15) is 5.11 Å². The third kappa shape index (κ3) is 4.14. The van der Waals surface area contributed by atoms with Gasteiger partial charge in [-0.25, -0.2) is 4.98 Å². The minimum Gasteiger partial charge on any atom is -0.387 e. The van der Waals surface area contributed by atoms with Gasteiger partial charge >= 0.3 is 0 Å². The molecule has 0 amide bonds. The van der Waals surface area contributed by atoms with E-state index in [0.717, 1.165) is 16.6 Å². The van der Waals surface area contributed by atoms with Crippen molar-refractivity contribution in [2.75, 3.05) is 6.54 Å². The molecule has 102 valence electrons. The molecule has 2 aromatic rings. The Bertz CT molecular complexity index is 473. The zero-order valence-corrected chi connectivity index (χ0v) is 12.0. The summed E-state index contributed by atoms with van der Waals surface area (Å²) >= 11 is 0. The molecule has 4 nitrogen and oxygen atoms in total. The fraction of sp³-hybridized carbons (Fsp3) is 0.417. The molecule has 1 aromatic carbocycles. The lowest BCUT2D eigenvalue weighted by Crippen LogP contribution is -2.27. The van der Waals surface area contributed by atoms with Gasteiger partial charge in [0.2, 0.25) is 0 Å². The summed E-state index contributed by atoms with van der Waals surface area (Å²) in [6.45, 7) is 4.68. The molecule has 0 aliphatic rings. The van der Waals surface area contributed by atoms with Crippen LogP contribution >= 0.6 is 24.8 Å². The Balaban J connectivity index is 0.00000144. The van der Waals surface area contributed by atoms with Gasteiger partial charge in [-0.1, -0.05) is 19.9 Å². The second-order valence-electron chi connectivity index (χ2n) is 4.26. The molecule has 0 spiro atoms. The second kappa shape index (κ2) is 7.59. The number of aliphatic hydroxyl groups is 1. The van der Waals surface area contributed by atoms with E-state index in [-0.39, 0.29) is 24.8 Å². The van der Waals surface area contributed by atoms with E-state index in [1.807, 2.05) is 18.2 Å². The normalized spacial score (nSPS) is 12.0. The van der Waals surface area contributed by atoms with Crippen molar-refractivity contribution in [2.24, 2.45) is 0 Å². The predicted molar refractivity (Wildman–Crippen MR) is 78.7 cm³/mol. The Morgan fingerprint density at radius 2 is 2.06 bits per heavy atom. The molecule has 0 saturated heterocycles. The Kier molecular flexibility index (Phi) is 7.25. The maximum Gasteiger partial charge on any atom is 0.0931 e. The standard InChI is InChI=1S/C12H17N3O.2ClH/c1-8(2)13-6-12(16)9-3-4-10-11(5-9)15-7-14-10;;/h3-5,7-8,12-13,16H,6H2,1-2H3,(H,14,15);2*1H/t12-;;/m0../s1. The van der Waals surface area contributed by atoms with Crippen LogP contribution in [0.3, 0.4) is 0 Å². The number of aromatic amines is 1. The molecule has 0 fully saturated rings. The molecule has 3 N–H and O–H groups in total. The quantitative estimate of drug-likeness (QED) is 0.811. The van der Waals surface area contributed by atoms with Crippen molar-refractivity contribution >= 4 is 35.8 Å². The smallest absolute Gasteiger partial charge is 0.0931 e. The maximum atomic E-state index is 9.97. The van der Waals surface area contributed by atoms with E-state index >= 15 is 0 Å². The van der Waals surface area contributed by atoms with Gasteiger partial charge in [0.1, 0.15) is 0 Å². The third-order valence-electron chi connectivity index (χ3n) is 2.55. The minimum absolute atomic E-state index is 0. The summed E-state index contributed by atoms with van der Waals surface area (Å²) in [4.78, 5) is 7.20. The number of fused-ring (bicyclic) bond motifs is 1. The van der Waals surface area contributed by atoms with Gasteiger partial charge in [0.15, 0.2) is 0 Å². The highest BCUT2D eigenvalue weighted by atomic mass is 35.5. The largest absolute Gasteiger partial charge is 0.387 e. The Morgan fingerprint density at radius 1 is 1.33 bits per heavy atom. The van der Waals surface area contributed by atoms with Gasteiger partial charge in [-0.3, -0.25) is 0 Å². The highest BCUT2D eigenvalue weighted by Crippen LogP contribution is 2.17. The van der Waals surface area contributed by atoms with Gasteiger partial charge in [-0.05, 0) is 17.7 Å². The fourth-order valence-corrected chi connectivity index (χ4v) is 1.62. The molecule has 1 heterocycles. The van der Waals surface area contributed by atoms with Crippen molar-refractivity contribution in [2.45, 2.75) is 26.0 Å². The van der Waals surface area contributed by atoms with E-state index in [4.69, 9.17) is 0 Å². The molecule has 2 rings (SSSR count). The van der Waals surface area contributed by atoms with Crippen LogP contribution in [0.4, 0.5) is 0 Å². The van der Waals surface area contributed by atoms with Gasteiger partial charge in [-0.2, -0.15) is 0 Å². The summed E-state index contributed by atoms with van der Waals surface area (Å²) in [6.07, 6.45) is 1.18. The summed E-state index contributed by atoms with van der Waals surface area (Å²) < 4.78 is 0. The van der Waals surface area contributed by atoms with Gasteiger partial charge < -0.3 is 15.4 Å². The van der Waals surface area contributed by atoms with Gasteiger partial charge in [0.05, 0.1) is 23.5 Å². The number of nitrogens with zero attached hydrogens (tertiary/aromatic N) is 1. The van der Waals surface area contributed by atoms with Crippen LogP contribution in [0.2, 0.25) is 0 Å². The molecule has 0 aliphatic carbocycles. The predicted octanol–water partition coefficient (Wildman–Crippen LogP) is 2.44. The average molecular weight is 292 g/mol. The lowest BCUT2D eigenvalue weighted by Gasteiger charge is -2.14. The highest BCUT2D eigenvalue weighted by molar-refractivity contribution is 5.85. The molecule has 6 heteroatoms. The monoisotopic (exact) mass is 291 g/mol. The SMILES string of the molecule is CC(C)NC[C@H](O)c1ccc2[nH]cnc2c1.Cl.Cl. The van der Waals surface area contributed by atoms with Gasteiger partial charge in [-0.15, -0.1) is 24.8 Å². The van der Waals surface area contributed by atoms with Crippen LogP contribution in [0.5, 0.6) is 0 Å². The van der Waals surface area contributed by atoms with Crippen LogP contribution in [-0.4, -0.2) is 27.7 Å². The molecule has 0 radical (unpaired) electrons. The number of aliphatic hydroxyl groups excluding tert-OH is 1. The summed E-state index contributed by atoms with van der Waals surface area (Å²) in [5.74, 6) is 0. The number of H-pyrrole nitrogens is 1. The zero-order chi connectivity index (χ0) is 11.5. The average Bonchev–Trinajstić information content (AvgIpc) is 2.72. The van der Waals surface area contributed by atoms with Crippen molar-refractivity contribution in [3.8, 4) is 0 Å². The van der Waals surface area contributed by atoms with Crippen molar-refractivity contribution in [1.82, 2.24) is 15.3 Å². The van der Waals surface area contributed by atoms with Crippen LogP contribution in [-0.2, 0) is 0 Å². The van der Waals surface area contributed by atoms with E-state index in [1.165, 1.54) is 0 Å². The molecular formula is C12H19Cl2N3O. The lowest BCUT2D eigenvalue weighted by atomic mass is 10.1. The van der Waals surface area contributed by atoms with Crippen LogP contribution in [0, 0.1) is 0 Å². The molecule has 1 atom stereocenters. The number of hydrogen-bond donors (Lipinski definition) is 3. The molecule has 1 aromatic heterocycles. The number of aromatic nitrogens is 2. The number of nitrogens with one attached hydrogen (secondary N) is 2. The van der Waals surface area contributed by atoms with Crippen LogP contribution in [0.25, 0.3) is 11.0 Å². The topological polar surface area (TPSA) is 60.9 Å². The molecule has 0 bridgehead atoms. The number of hydrogen-bond acceptors (Lipinski definition) is 3. The number of halogens is 2. The van der Waals surface area contributed by atoms with E-state index in [2.05, 4.69) is 29.1 Å². The number of rotatable bonds is 4. The van der Waals surface area contributed by atoms with E-state index in [0.29, 0.717) is 12.6 Å². The first-order chi connectivity index (χ1) is 7.66. The van der Waals surface area contributed by atoms with Crippen molar-refractivity contribution < 1.29 is 5.11 Å². The van der Waals surface area contributed by atoms with E-state index in [1.54, 1.807) is 6.33 Å². The number of imidazole rings is 1. The summed E-state index contributed by atoms with van der Waals surface area (Å²) in [7, 11) is 0. The molecule has 0 saturated carbocycles. The first-order valence-corrected chi connectivity index (χ1v) is 5.51. The summed E-state index contributed by atoms with van der Waals surface area (Å²) in [5.41, 5.74) is 2.78. The fourth-order valence-electron chi connectivity index (χ4n) is 1.62. The Morgan fingerprint density at radius 3 is 2.72 bits per heavy atom.